The van der Waals surface area contributed by atoms with E-state index in [9.17, 15) is 4.79 Å². The standard InChI is InChI=1S/C10H20N2O2.ClH/c1-11-7-10(13)12-5-2-6-14-8-9-3-4-9;/h9,11H,2-8H2,1H3,(H,12,13);1H. The molecule has 1 rings (SSSR count). The fraction of sp³-hybridized carbons (Fsp3) is 0.900. The average Bonchev–Trinajstić information content (AvgIpc) is 2.95. The Balaban J connectivity index is 0.00000196. The highest BCUT2D eigenvalue weighted by molar-refractivity contribution is 5.85. The van der Waals surface area contributed by atoms with Crippen LogP contribution in [-0.2, 0) is 9.53 Å². The van der Waals surface area contributed by atoms with Crippen LogP contribution in [0.4, 0.5) is 0 Å². The molecule has 0 bridgehead atoms. The van der Waals surface area contributed by atoms with Gasteiger partial charge < -0.3 is 15.4 Å². The van der Waals surface area contributed by atoms with E-state index in [2.05, 4.69) is 10.6 Å². The van der Waals surface area contributed by atoms with Gasteiger partial charge in [0.15, 0.2) is 0 Å². The second-order valence-electron chi connectivity index (χ2n) is 3.75. The van der Waals surface area contributed by atoms with Crippen LogP contribution in [0, 0.1) is 5.92 Å². The van der Waals surface area contributed by atoms with E-state index in [0.717, 1.165) is 25.6 Å². The van der Waals surface area contributed by atoms with E-state index in [1.54, 1.807) is 7.05 Å². The van der Waals surface area contributed by atoms with Crippen molar-refractivity contribution < 1.29 is 9.53 Å². The van der Waals surface area contributed by atoms with Crippen LogP contribution in [-0.4, -0.2) is 39.3 Å². The molecule has 0 aromatic rings. The van der Waals surface area contributed by atoms with Gasteiger partial charge in [-0.25, -0.2) is 0 Å². The van der Waals surface area contributed by atoms with Gasteiger partial charge in [-0.2, -0.15) is 0 Å². The van der Waals surface area contributed by atoms with Crippen molar-refractivity contribution in [1.82, 2.24) is 10.6 Å². The van der Waals surface area contributed by atoms with Crippen molar-refractivity contribution in [3.63, 3.8) is 0 Å². The number of carbonyl (C=O) groups is 1. The molecule has 90 valence electrons. The van der Waals surface area contributed by atoms with E-state index in [4.69, 9.17) is 4.74 Å². The van der Waals surface area contributed by atoms with Crippen molar-refractivity contribution in [2.45, 2.75) is 19.3 Å². The van der Waals surface area contributed by atoms with E-state index >= 15 is 0 Å². The molecule has 0 spiro atoms. The molecule has 0 unspecified atom stereocenters. The molecular formula is C10H21ClN2O2. The van der Waals surface area contributed by atoms with Crippen LogP contribution in [0.25, 0.3) is 0 Å². The van der Waals surface area contributed by atoms with Crippen LogP contribution in [0.5, 0.6) is 0 Å². The van der Waals surface area contributed by atoms with Gasteiger partial charge in [0.25, 0.3) is 0 Å². The highest BCUT2D eigenvalue weighted by atomic mass is 35.5. The molecule has 0 radical (unpaired) electrons. The van der Waals surface area contributed by atoms with Crippen LogP contribution >= 0.6 is 12.4 Å². The quantitative estimate of drug-likeness (QED) is 0.606. The maximum absolute atomic E-state index is 11.0. The van der Waals surface area contributed by atoms with Gasteiger partial charge in [0.05, 0.1) is 6.54 Å². The van der Waals surface area contributed by atoms with E-state index in [-0.39, 0.29) is 18.3 Å². The van der Waals surface area contributed by atoms with E-state index in [1.165, 1.54) is 12.8 Å². The second-order valence-corrected chi connectivity index (χ2v) is 3.75. The lowest BCUT2D eigenvalue weighted by atomic mass is 10.4. The smallest absolute Gasteiger partial charge is 0.233 e. The third kappa shape index (κ3) is 8.66. The molecule has 1 amide bonds. The highest BCUT2D eigenvalue weighted by Crippen LogP contribution is 2.28. The van der Waals surface area contributed by atoms with E-state index < -0.39 is 0 Å². The number of halogens is 1. The third-order valence-electron chi connectivity index (χ3n) is 2.18. The van der Waals surface area contributed by atoms with Gasteiger partial charge in [0.2, 0.25) is 5.91 Å². The largest absolute Gasteiger partial charge is 0.381 e. The first-order valence-corrected chi connectivity index (χ1v) is 5.32. The minimum absolute atomic E-state index is 0. The molecule has 5 heteroatoms. The Morgan fingerprint density at radius 3 is 2.80 bits per heavy atom. The average molecular weight is 237 g/mol. The lowest BCUT2D eigenvalue weighted by Gasteiger charge is -2.05. The zero-order valence-corrected chi connectivity index (χ0v) is 10.1. The maximum Gasteiger partial charge on any atom is 0.233 e. The Hall–Kier alpha value is -0.320. The molecule has 4 nitrogen and oxygen atoms in total. The molecule has 0 saturated heterocycles. The number of ether oxygens (including phenoxy) is 1. The summed E-state index contributed by atoms with van der Waals surface area (Å²) in [6.45, 7) is 2.77. The minimum Gasteiger partial charge on any atom is -0.381 e. The van der Waals surface area contributed by atoms with Crippen LogP contribution in [0.15, 0.2) is 0 Å². The van der Waals surface area contributed by atoms with E-state index in [0.29, 0.717) is 13.1 Å². The zero-order valence-electron chi connectivity index (χ0n) is 9.25. The van der Waals surface area contributed by atoms with Crippen molar-refractivity contribution in [2.24, 2.45) is 5.92 Å². The molecule has 0 aliphatic heterocycles. The van der Waals surface area contributed by atoms with Crippen molar-refractivity contribution in [2.75, 3.05) is 33.4 Å². The first-order valence-electron chi connectivity index (χ1n) is 5.32. The van der Waals surface area contributed by atoms with Gasteiger partial charge >= 0.3 is 0 Å². The Morgan fingerprint density at radius 2 is 2.20 bits per heavy atom. The number of hydrogen-bond donors (Lipinski definition) is 2. The fourth-order valence-corrected chi connectivity index (χ4v) is 1.16. The summed E-state index contributed by atoms with van der Waals surface area (Å²) in [6, 6.07) is 0. The number of nitrogens with one attached hydrogen (secondary N) is 2. The first kappa shape index (κ1) is 14.7. The van der Waals surface area contributed by atoms with Crippen molar-refractivity contribution in [3.8, 4) is 0 Å². The predicted octanol–water partition coefficient (Wildman–Crippen LogP) is 0.560. The van der Waals surface area contributed by atoms with E-state index in [1.807, 2.05) is 0 Å². The van der Waals surface area contributed by atoms with Crippen LogP contribution < -0.4 is 10.6 Å². The molecule has 0 heterocycles. The summed E-state index contributed by atoms with van der Waals surface area (Å²) in [7, 11) is 1.76. The number of hydrogen-bond acceptors (Lipinski definition) is 3. The lowest BCUT2D eigenvalue weighted by Crippen LogP contribution is -2.33. The molecule has 0 aromatic heterocycles. The number of carbonyl (C=O) groups excluding carboxylic acids is 1. The van der Waals surface area contributed by atoms with Crippen molar-refractivity contribution in [1.29, 1.82) is 0 Å². The highest BCUT2D eigenvalue weighted by Gasteiger charge is 2.20. The Morgan fingerprint density at radius 1 is 1.47 bits per heavy atom. The minimum atomic E-state index is 0. The molecule has 2 N–H and O–H groups in total. The van der Waals surface area contributed by atoms with Crippen LogP contribution in [0.3, 0.4) is 0 Å². The van der Waals surface area contributed by atoms with Crippen molar-refractivity contribution in [3.05, 3.63) is 0 Å². The molecule has 1 saturated carbocycles. The number of likely N-dealkylation sites (N-methyl/N-ethyl adjacent to an activating group) is 1. The topological polar surface area (TPSA) is 50.4 Å². The van der Waals surface area contributed by atoms with Gasteiger partial charge in [-0.05, 0) is 32.2 Å². The van der Waals surface area contributed by atoms with Gasteiger partial charge in [-0.1, -0.05) is 0 Å². The van der Waals surface area contributed by atoms with Gasteiger partial charge in [-0.15, -0.1) is 12.4 Å². The van der Waals surface area contributed by atoms with Gasteiger partial charge in [-0.3, -0.25) is 4.79 Å². The van der Waals surface area contributed by atoms with Crippen LogP contribution in [0.2, 0.25) is 0 Å². The molecule has 0 atom stereocenters. The first-order chi connectivity index (χ1) is 6.83. The number of amides is 1. The molecule has 15 heavy (non-hydrogen) atoms. The normalized spacial score (nSPS) is 14.5. The Kier molecular flexibility index (Phi) is 8.76. The summed E-state index contributed by atoms with van der Waals surface area (Å²) >= 11 is 0. The molecular weight excluding hydrogens is 216 g/mol. The van der Waals surface area contributed by atoms with Gasteiger partial charge in [0.1, 0.15) is 0 Å². The summed E-state index contributed by atoms with van der Waals surface area (Å²) in [5.74, 6) is 0.878. The Bertz CT molecular complexity index is 175. The Labute approximate surface area is 97.5 Å². The SMILES string of the molecule is CNCC(=O)NCCCOCC1CC1.Cl. The van der Waals surface area contributed by atoms with Gasteiger partial charge in [0, 0.05) is 19.8 Å². The maximum atomic E-state index is 11.0. The summed E-state index contributed by atoms with van der Waals surface area (Å²) in [4.78, 5) is 11.0. The molecule has 1 aliphatic rings. The number of rotatable bonds is 8. The third-order valence-corrected chi connectivity index (χ3v) is 2.18. The second kappa shape index (κ2) is 8.95. The van der Waals surface area contributed by atoms with Crippen molar-refractivity contribution >= 4 is 18.3 Å². The monoisotopic (exact) mass is 236 g/mol. The summed E-state index contributed by atoms with van der Waals surface area (Å²) in [5.41, 5.74) is 0. The molecule has 1 aliphatic carbocycles. The summed E-state index contributed by atoms with van der Waals surface area (Å²) in [5, 5.41) is 5.61. The predicted molar refractivity (Wildman–Crippen MR) is 62.3 cm³/mol. The molecule has 0 aromatic carbocycles. The lowest BCUT2D eigenvalue weighted by molar-refractivity contribution is -0.120. The zero-order chi connectivity index (χ0) is 10.2. The summed E-state index contributed by atoms with van der Waals surface area (Å²) in [6.07, 6.45) is 3.57. The van der Waals surface area contributed by atoms with Crippen LogP contribution in [0.1, 0.15) is 19.3 Å². The fourth-order valence-electron chi connectivity index (χ4n) is 1.16. The summed E-state index contributed by atoms with van der Waals surface area (Å²) < 4.78 is 5.43. The molecule has 1 fully saturated rings.